The van der Waals surface area contributed by atoms with Crippen LogP contribution in [0.5, 0.6) is 0 Å². The number of hydrogen-bond donors (Lipinski definition) is 0. The van der Waals surface area contributed by atoms with Gasteiger partial charge >= 0.3 is 0 Å². The zero-order valence-corrected chi connectivity index (χ0v) is 18.8. The number of rotatable bonds is 4. The molecule has 9 nitrogen and oxygen atoms in total. The highest BCUT2D eigenvalue weighted by molar-refractivity contribution is 5.61. The van der Waals surface area contributed by atoms with E-state index < -0.39 is 0 Å². The Labute approximate surface area is 196 Å². The van der Waals surface area contributed by atoms with Crippen LogP contribution in [0.25, 0.3) is 28.6 Å². The van der Waals surface area contributed by atoms with Gasteiger partial charge in [0.1, 0.15) is 5.69 Å². The number of hydrogen-bond acceptors (Lipinski definition) is 8. The summed E-state index contributed by atoms with van der Waals surface area (Å²) in [5, 5.41) is 13.4. The second kappa shape index (κ2) is 8.51. The molecule has 3 aromatic heterocycles. The molecule has 0 radical (unpaired) electrons. The van der Waals surface area contributed by atoms with Crippen molar-refractivity contribution in [3.63, 3.8) is 0 Å². The third-order valence-electron chi connectivity index (χ3n) is 6.09. The Morgan fingerprint density at radius 2 is 1.44 bits per heavy atom. The van der Waals surface area contributed by atoms with Crippen molar-refractivity contribution in [2.75, 3.05) is 36.0 Å². The molecule has 0 saturated carbocycles. The zero-order chi connectivity index (χ0) is 22.9. The number of aromatic nitrogens is 7. The van der Waals surface area contributed by atoms with E-state index >= 15 is 0 Å². The van der Waals surface area contributed by atoms with E-state index in [1.54, 1.807) is 10.7 Å². The minimum Gasteiger partial charge on any atom is -0.368 e. The van der Waals surface area contributed by atoms with Gasteiger partial charge in [0.05, 0.1) is 11.4 Å². The molecule has 168 valence electrons. The molecular weight excluding hydrogens is 426 g/mol. The van der Waals surface area contributed by atoms with Crippen LogP contribution < -0.4 is 9.80 Å². The van der Waals surface area contributed by atoms with Gasteiger partial charge in [0.25, 0.3) is 5.78 Å². The standard InChI is InChI=1S/C25H23N9/c1-18-22(29-30-25-28-23(31-34(18)25)19-8-4-2-5-9-19)21-12-13-26-24(27-21)33-16-14-32(15-17-33)20-10-6-3-7-11-20/h2-13H,14-17H2,1H3. The topological polar surface area (TPSA) is 88.2 Å². The number of nitrogens with zero attached hydrogens (tertiary/aromatic N) is 9. The van der Waals surface area contributed by atoms with Crippen LogP contribution in [0.1, 0.15) is 5.69 Å². The first kappa shape index (κ1) is 20.2. The van der Waals surface area contributed by atoms with E-state index in [4.69, 9.17) is 4.98 Å². The molecule has 0 atom stereocenters. The number of para-hydroxylation sites is 1. The van der Waals surface area contributed by atoms with E-state index in [1.165, 1.54) is 5.69 Å². The summed E-state index contributed by atoms with van der Waals surface area (Å²) in [6, 6.07) is 22.2. The predicted molar refractivity (Wildman–Crippen MR) is 131 cm³/mol. The van der Waals surface area contributed by atoms with Gasteiger partial charge in [0.15, 0.2) is 5.82 Å². The summed E-state index contributed by atoms with van der Waals surface area (Å²) in [4.78, 5) is 18.5. The summed E-state index contributed by atoms with van der Waals surface area (Å²) in [5.74, 6) is 1.79. The minimum atomic E-state index is 0.464. The van der Waals surface area contributed by atoms with Crippen LogP contribution in [0.4, 0.5) is 11.6 Å². The monoisotopic (exact) mass is 449 g/mol. The Hall–Kier alpha value is -4.40. The van der Waals surface area contributed by atoms with E-state index in [0.29, 0.717) is 23.2 Å². The molecule has 0 amide bonds. The lowest BCUT2D eigenvalue weighted by Crippen LogP contribution is -2.47. The lowest BCUT2D eigenvalue weighted by molar-refractivity contribution is 0.640. The molecule has 1 aliphatic heterocycles. The van der Waals surface area contributed by atoms with Gasteiger partial charge in [-0.15, -0.1) is 15.3 Å². The van der Waals surface area contributed by atoms with Crippen LogP contribution >= 0.6 is 0 Å². The molecule has 1 saturated heterocycles. The van der Waals surface area contributed by atoms with Gasteiger partial charge < -0.3 is 9.80 Å². The summed E-state index contributed by atoms with van der Waals surface area (Å²) in [5.41, 5.74) is 4.41. The summed E-state index contributed by atoms with van der Waals surface area (Å²) in [7, 11) is 0. The lowest BCUT2D eigenvalue weighted by Gasteiger charge is -2.36. The maximum Gasteiger partial charge on any atom is 0.272 e. The third kappa shape index (κ3) is 3.71. The molecule has 0 N–H and O–H groups in total. The first-order chi connectivity index (χ1) is 16.8. The quantitative estimate of drug-likeness (QED) is 0.413. The number of fused-ring (bicyclic) bond motifs is 1. The largest absolute Gasteiger partial charge is 0.368 e. The van der Waals surface area contributed by atoms with Crippen LogP contribution in [0, 0.1) is 6.92 Å². The molecule has 4 heterocycles. The second-order valence-electron chi connectivity index (χ2n) is 8.20. The van der Waals surface area contributed by atoms with Crippen molar-refractivity contribution in [1.82, 2.24) is 34.8 Å². The van der Waals surface area contributed by atoms with Crippen molar-refractivity contribution >= 4 is 17.4 Å². The minimum absolute atomic E-state index is 0.464. The van der Waals surface area contributed by atoms with Gasteiger partial charge in [0.2, 0.25) is 5.95 Å². The molecule has 0 unspecified atom stereocenters. The van der Waals surface area contributed by atoms with Crippen molar-refractivity contribution in [2.45, 2.75) is 6.92 Å². The van der Waals surface area contributed by atoms with Crippen molar-refractivity contribution < 1.29 is 0 Å². The number of anilines is 2. The molecule has 0 spiro atoms. The van der Waals surface area contributed by atoms with Crippen molar-refractivity contribution in [3.8, 4) is 22.8 Å². The van der Waals surface area contributed by atoms with Gasteiger partial charge in [-0.25, -0.2) is 9.97 Å². The number of aryl methyl sites for hydroxylation is 1. The van der Waals surface area contributed by atoms with Crippen LogP contribution in [0.15, 0.2) is 72.9 Å². The summed E-state index contributed by atoms with van der Waals surface area (Å²) in [6.45, 7) is 5.51. The van der Waals surface area contributed by atoms with Crippen molar-refractivity contribution in [1.29, 1.82) is 0 Å². The SMILES string of the molecule is Cc1c(-c2ccnc(N3CCN(c4ccccc4)CC3)n2)nnc2nc(-c3ccccc3)nn12. The highest BCUT2D eigenvalue weighted by Gasteiger charge is 2.21. The highest BCUT2D eigenvalue weighted by atomic mass is 15.4. The summed E-state index contributed by atoms with van der Waals surface area (Å²) >= 11 is 0. The molecular formula is C25H23N9. The zero-order valence-electron chi connectivity index (χ0n) is 18.8. The Balaban J connectivity index is 1.26. The van der Waals surface area contributed by atoms with E-state index in [9.17, 15) is 0 Å². The molecule has 6 rings (SSSR count). The Kier molecular flexibility index (Phi) is 5.06. The average Bonchev–Trinajstić information content (AvgIpc) is 3.36. The number of piperazine rings is 1. The van der Waals surface area contributed by atoms with E-state index in [1.807, 2.05) is 49.4 Å². The maximum absolute atomic E-state index is 4.83. The molecule has 2 aromatic carbocycles. The number of benzene rings is 2. The van der Waals surface area contributed by atoms with Crippen molar-refractivity contribution in [3.05, 3.63) is 78.6 Å². The molecule has 5 aromatic rings. The molecule has 1 fully saturated rings. The van der Waals surface area contributed by atoms with Gasteiger partial charge in [-0.05, 0) is 25.1 Å². The smallest absolute Gasteiger partial charge is 0.272 e. The van der Waals surface area contributed by atoms with Crippen LogP contribution in [-0.4, -0.2) is 60.9 Å². The molecule has 0 bridgehead atoms. The first-order valence-corrected chi connectivity index (χ1v) is 11.3. The van der Waals surface area contributed by atoms with E-state index in [-0.39, 0.29) is 0 Å². The summed E-state index contributed by atoms with van der Waals surface area (Å²) < 4.78 is 1.73. The fourth-order valence-electron chi connectivity index (χ4n) is 4.24. The lowest BCUT2D eigenvalue weighted by atomic mass is 10.2. The molecule has 0 aliphatic carbocycles. The van der Waals surface area contributed by atoms with Crippen LogP contribution in [-0.2, 0) is 0 Å². The van der Waals surface area contributed by atoms with Crippen LogP contribution in [0.2, 0.25) is 0 Å². The van der Waals surface area contributed by atoms with Gasteiger partial charge in [0, 0.05) is 43.6 Å². The Morgan fingerprint density at radius 1 is 0.735 bits per heavy atom. The van der Waals surface area contributed by atoms with Gasteiger partial charge in [-0.2, -0.15) is 9.50 Å². The van der Waals surface area contributed by atoms with Crippen molar-refractivity contribution in [2.24, 2.45) is 0 Å². The highest BCUT2D eigenvalue weighted by Crippen LogP contribution is 2.23. The molecule has 34 heavy (non-hydrogen) atoms. The maximum atomic E-state index is 4.83. The second-order valence-corrected chi connectivity index (χ2v) is 8.20. The molecule has 9 heteroatoms. The van der Waals surface area contributed by atoms with Crippen LogP contribution in [0.3, 0.4) is 0 Å². The molecule has 1 aliphatic rings. The summed E-state index contributed by atoms with van der Waals surface area (Å²) in [6.07, 6.45) is 1.78. The Morgan fingerprint density at radius 3 is 2.21 bits per heavy atom. The van der Waals surface area contributed by atoms with E-state index in [0.717, 1.165) is 43.1 Å². The van der Waals surface area contributed by atoms with E-state index in [2.05, 4.69) is 59.3 Å². The normalized spacial score (nSPS) is 14.0. The fraction of sp³-hybridized carbons (Fsp3) is 0.200. The first-order valence-electron chi connectivity index (χ1n) is 11.3. The van der Waals surface area contributed by atoms with Gasteiger partial charge in [-0.3, -0.25) is 0 Å². The third-order valence-corrected chi connectivity index (χ3v) is 6.09. The predicted octanol–water partition coefficient (Wildman–Crippen LogP) is 3.28. The average molecular weight is 450 g/mol. The Bertz CT molecular complexity index is 1430. The van der Waals surface area contributed by atoms with Gasteiger partial charge in [-0.1, -0.05) is 48.5 Å². The fourth-order valence-corrected chi connectivity index (χ4v) is 4.24.